The highest BCUT2D eigenvalue weighted by Crippen LogP contribution is 2.40. The summed E-state index contributed by atoms with van der Waals surface area (Å²) in [5.41, 5.74) is 3.23. The first kappa shape index (κ1) is 26.5. The molecule has 180 valence electrons. The van der Waals surface area contributed by atoms with Gasteiger partial charge in [0.15, 0.2) is 0 Å². The largest absolute Gasteiger partial charge is 0.417 e. The third-order valence-corrected chi connectivity index (χ3v) is 6.53. The van der Waals surface area contributed by atoms with E-state index >= 15 is 0 Å². The van der Waals surface area contributed by atoms with Crippen LogP contribution in [0.15, 0.2) is 18.2 Å². The maximum atomic E-state index is 13.3. The number of likely N-dealkylation sites (tertiary alicyclic amines) is 1. The summed E-state index contributed by atoms with van der Waals surface area (Å²) in [6, 6.07) is 3.41. The fourth-order valence-electron chi connectivity index (χ4n) is 4.45. The van der Waals surface area contributed by atoms with E-state index in [-0.39, 0.29) is 43.3 Å². The molecule has 1 fully saturated rings. The Morgan fingerprint density at radius 3 is 2.28 bits per heavy atom. The van der Waals surface area contributed by atoms with Crippen molar-refractivity contribution in [3.63, 3.8) is 0 Å². The molecule has 0 bridgehead atoms. The zero-order valence-electron chi connectivity index (χ0n) is 18.7. The van der Waals surface area contributed by atoms with Gasteiger partial charge in [-0.05, 0) is 49.3 Å². The van der Waals surface area contributed by atoms with E-state index in [1.807, 2.05) is 20.8 Å². The minimum atomic E-state index is -4.63. The van der Waals surface area contributed by atoms with E-state index in [0.717, 1.165) is 12.1 Å². The molecule has 0 radical (unpaired) electrons. The van der Waals surface area contributed by atoms with Gasteiger partial charge in [0, 0.05) is 24.9 Å². The zero-order valence-corrected chi connectivity index (χ0v) is 19.5. The van der Waals surface area contributed by atoms with Gasteiger partial charge in [-0.15, -0.1) is 0 Å². The number of nitrogens with two attached hydrogens (primary N) is 1. The second-order valence-electron chi connectivity index (χ2n) is 9.08. The van der Waals surface area contributed by atoms with Crippen molar-refractivity contribution in [2.45, 2.75) is 64.7 Å². The van der Waals surface area contributed by atoms with E-state index < -0.39 is 40.1 Å². The lowest BCUT2D eigenvalue weighted by Crippen LogP contribution is -2.49. The number of amides is 2. The van der Waals surface area contributed by atoms with Gasteiger partial charge in [0.1, 0.15) is 0 Å². The highest BCUT2D eigenvalue weighted by atomic mass is 35.5. The van der Waals surface area contributed by atoms with Crippen LogP contribution in [0.1, 0.15) is 64.0 Å². The molecular formula is C23H32ClF3N2O3. The maximum Gasteiger partial charge on any atom is 0.417 e. The van der Waals surface area contributed by atoms with E-state index in [1.165, 1.54) is 6.07 Å². The van der Waals surface area contributed by atoms with Crippen molar-refractivity contribution < 1.29 is 27.9 Å². The number of rotatable bonds is 8. The highest BCUT2D eigenvalue weighted by molar-refractivity contribution is 6.31. The van der Waals surface area contributed by atoms with Crippen LogP contribution in [0.25, 0.3) is 0 Å². The van der Waals surface area contributed by atoms with Crippen LogP contribution in [0.5, 0.6) is 0 Å². The SMILES string of the molecule is CCC[C@H](C(N)=O)[C@@H](CC(C)C)C(=O)N1CCC(O)(c2ccc(Cl)c(C(F)(F)F)c2)CC1. The van der Waals surface area contributed by atoms with E-state index in [1.54, 1.807) is 4.90 Å². The Labute approximate surface area is 192 Å². The number of aliphatic hydroxyl groups is 1. The number of hydrogen-bond donors (Lipinski definition) is 2. The lowest BCUT2D eigenvalue weighted by Gasteiger charge is -2.41. The van der Waals surface area contributed by atoms with Crippen molar-refractivity contribution >= 4 is 23.4 Å². The Hall–Kier alpha value is -1.80. The molecule has 1 saturated heterocycles. The minimum Gasteiger partial charge on any atom is -0.385 e. The summed E-state index contributed by atoms with van der Waals surface area (Å²) < 4.78 is 39.7. The third-order valence-electron chi connectivity index (χ3n) is 6.20. The summed E-state index contributed by atoms with van der Waals surface area (Å²) in [6.45, 7) is 6.21. The number of primary amides is 1. The molecule has 0 spiro atoms. The first-order chi connectivity index (χ1) is 14.8. The van der Waals surface area contributed by atoms with Crippen LogP contribution in [-0.4, -0.2) is 34.9 Å². The maximum absolute atomic E-state index is 13.3. The van der Waals surface area contributed by atoms with Crippen molar-refractivity contribution in [3.8, 4) is 0 Å². The van der Waals surface area contributed by atoms with Crippen LogP contribution in [0.4, 0.5) is 13.2 Å². The van der Waals surface area contributed by atoms with Gasteiger partial charge in [0.05, 0.1) is 16.2 Å². The molecule has 0 aliphatic carbocycles. The molecule has 2 rings (SSSR count). The number of halogens is 4. The number of benzene rings is 1. The average Bonchev–Trinajstić information content (AvgIpc) is 2.69. The summed E-state index contributed by atoms with van der Waals surface area (Å²) in [6.07, 6.45) is -2.72. The van der Waals surface area contributed by atoms with Crippen LogP contribution in [-0.2, 0) is 21.4 Å². The first-order valence-electron chi connectivity index (χ1n) is 11.0. The van der Waals surface area contributed by atoms with Crippen molar-refractivity contribution in [1.29, 1.82) is 0 Å². The summed E-state index contributed by atoms with van der Waals surface area (Å²) in [5, 5.41) is 10.6. The van der Waals surface area contributed by atoms with Crippen molar-refractivity contribution in [1.82, 2.24) is 4.90 Å². The van der Waals surface area contributed by atoms with Gasteiger partial charge in [-0.25, -0.2) is 0 Å². The summed E-state index contributed by atoms with van der Waals surface area (Å²) in [4.78, 5) is 26.9. The minimum absolute atomic E-state index is 0.0844. The molecule has 0 aromatic heterocycles. The molecule has 2 atom stereocenters. The van der Waals surface area contributed by atoms with Gasteiger partial charge in [0.2, 0.25) is 11.8 Å². The standard InChI is InChI=1S/C23H32ClF3N2O3/c1-4-5-16(20(28)30)17(12-14(2)3)21(31)29-10-8-22(32,9-11-29)15-6-7-19(24)18(13-15)23(25,26)27/h6-7,13-14,16-17,32H,4-5,8-12H2,1-3H3,(H2,28,30)/t16-,17+/m0/s1. The second-order valence-corrected chi connectivity index (χ2v) is 9.49. The second kappa shape index (κ2) is 10.4. The zero-order chi connectivity index (χ0) is 24.3. The summed E-state index contributed by atoms with van der Waals surface area (Å²) in [7, 11) is 0. The van der Waals surface area contributed by atoms with E-state index in [4.69, 9.17) is 17.3 Å². The van der Waals surface area contributed by atoms with Gasteiger partial charge >= 0.3 is 6.18 Å². The molecule has 2 amide bonds. The Balaban J connectivity index is 2.21. The Kier molecular flexibility index (Phi) is 8.62. The number of carbonyl (C=O) groups is 2. The third kappa shape index (κ3) is 6.16. The number of nitrogens with zero attached hydrogens (tertiary/aromatic N) is 1. The van der Waals surface area contributed by atoms with E-state index in [9.17, 15) is 27.9 Å². The van der Waals surface area contributed by atoms with Crippen molar-refractivity contribution in [2.24, 2.45) is 23.5 Å². The van der Waals surface area contributed by atoms with Crippen LogP contribution in [0, 0.1) is 17.8 Å². The molecular weight excluding hydrogens is 445 g/mol. The summed E-state index contributed by atoms with van der Waals surface area (Å²) in [5.74, 6) is -1.63. The Bertz CT molecular complexity index is 821. The van der Waals surface area contributed by atoms with Gasteiger partial charge < -0.3 is 15.7 Å². The lowest BCUT2D eigenvalue weighted by atomic mass is 9.79. The summed E-state index contributed by atoms with van der Waals surface area (Å²) >= 11 is 5.69. The average molecular weight is 477 g/mol. The molecule has 1 aromatic carbocycles. The Morgan fingerprint density at radius 2 is 1.81 bits per heavy atom. The topological polar surface area (TPSA) is 83.6 Å². The number of hydrogen-bond acceptors (Lipinski definition) is 3. The smallest absolute Gasteiger partial charge is 0.385 e. The highest BCUT2D eigenvalue weighted by Gasteiger charge is 2.41. The predicted molar refractivity (Wildman–Crippen MR) is 117 cm³/mol. The van der Waals surface area contributed by atoms with Crippen molar-refractivity contribution in [2.75, 3.05) is 13.1 Å². The molecule has 9 heteroatoms. The van der Waals surface area contributed by atoms with E-state index in [2.05, 4.69) is 0 Å². The molecule has 3 N–H and O–H groups in total. The van der Waals surface area contributed by atoms with Crippen LogP contribution in [0.3, 0.4) is 0 Å². The van der Waals surface area contributed by atoms with Gasteiger partial charge in [0.25, 0.3) is 0 Å². The molecule has 5 nitrogen and oxygen atoms in total. The normalized spacial score (nSPS) is 18.5. The van der Waals surface area contributed by atoms with Crippen LogP contribution >= 0.6 is 11.6 Å². The number of alkyl halides is 3. The molecule has 1 heterocycles. The molecule has 32 heavy (non-hydrogen) atoms. The first-order valence-corrected chi connectivity index (χ1v) is 11.4. The van der Waals surface area contributed by atoms with Gasteiger partial charge in [-0.1, -0.05) is 44.9 Å². The Morgan fingerprint density at radius 1 is 1.22 bits per heavy atom. The van der Waals surface area contributed by atoms with Gasteiger partial charge in [-0.2, -0.15) is 13.2 Å². The predicted octanol–water partition coefficient (Wildman–Crippen LogP) is 4.73. The van der Waals surface area contributed by atoms with Gasteiger partial charge in [-0.3, -0.25) is 9.59 Å². The lowest BCUT2D eigenvalue weighted by molar-refractivity contribution is -0.146. The monoisotopic (exact) mass is 476 g/mol. The number of carbonyl (C=O) groups excluding carboxylic acids is 2. The number of piperidine rings is 1. The molecule has 1 aliphatic heterocycles. The molecule has 0 saturated carbocycles. The van der Waals surface area contributed by atoms with Crippen LogP contribution in [0.2, 0.25) is 5.02 Å². The fraction of sp³-hybridized carbons (Fsp3) is 0.652. The van der Waals surface area contributed by atoms with Crippen LogP contribution < -0.4 is 5.73 Å². The molecule has 0 unspecified atom stereocenters. The van der Waals surface area contributed by atoms with E-state index in [0.29, 0.717) is 19.3 Å². The molecule has 1 aliphatic rings. The molecule has 1 aromatic rings. The quantitative estimate of drug-likeness (QED) is 0.568. The van der Waals surface area contributed by atoms with Crippen molar-refractivity contribution in [3.05, 3.63) is 34.3 Å². The fourth-order valence-corrected chi connectivity index (χ4v) is 4.67.